The first-order valence-electron chi connectivity index (χ1n) is 5.23. The molecule has 2 amide bonds. The normalized spacial score (nSPS) is 24.2. The van der Waals surface area contributed by atoms with E-state index in [1.165, 1.54) is 27.9 Å². The van der Waals surface area contributed by atoms with E-state index in [2.05, 4.69) is 4.74 Å². The number of esters is 1. The van der Waals surface area contributed by atoms with Gasteiger partial charge in [-0.05, 0) is 0 Å². The summed E-state index contributed by atoms with van der Waals surface area (Å²) in [6.45, 7) is 2.32. The molecule has 1 aliphatic heterocycles. The fraction of sp³-hybridized carbons (Fsp3) is 0.800. The van der Waals surface area contributed by atoms with E-state index in [-0.39, 0.29) is 0 Å². The van der Waals surface area contributed by atoms with Crippen LogP contribution < -0.4 is 0 Å². The summed E-state index contributed by atoms with van der Waals surface area (Å²) in [6.07, 6.45) is -1.83. The molecule has 1 rings (SSSR count). The number of amides is 2. The topological polar surface area (TPSA) is 49.9 Å². The molecule has 0 aromatic heterocycles. The number of hydrogen-bond acceptors (Lipinski definition) is 3. The minimum Gasteiger partial charge on any atom is -0.434 e. The van der Waals surface area contributed by atoms with Gasteiger partial charge < -0.3 is 9.64 Å². The van der Waals surface area contributed by atoms with Gasteiger partial charge in [0, 0.05) is 14.1 Å². The number of halogens is 2. The Morgan fingerprint density at radius 3 is 2.47 bits per heavy atom. The standard InChI is InChI=1S/C10H16F2N2O3/c1-6(2)7(15)17-8-10(11,12)5-13(3)9(16)14(8)4/h6,8H,5H2,1-4H3. The molecule has 0 N–H and O–H groups in total. The second kappa shape index (κ2) is 4.46. The van der Waals surface area contributed by atoms with Crippen LogP contribution >= 0.6 is 0 Å². The van der Waals surface area contributed by atoms with Crippen molar-refractivity contribution in [3.8, 4) is 0 Å². The second-order valence-electron chi connectivity index (χ2n) is 4.45. The van der Waals surface area contributed by atoms with E-state index >= 15 is 0 Å². The average Bonchev–Trinajstić information content (AvgIpc) is 2.20. The lowest BCUT2D eigenvalue weighted by atomic mass is 10.2. The van der Waals surface area contributed by atoms with Gasteiger partial charge in [-0.1, -0.05) is 13.8 Å². The lowest BCUT2D eigenvalue weighted by Crippen LogP contribution is -2.63. The van der Waals surface area contributed by atoms with Gasteiger partial charge in [0.05, 0.1) is 12.5 Å². The number of hydrogen-bond donors (Lipinski definition) is 0. The number of nitrogens with zero attached hydrogens (tertiary/aromatic N) is 2. The molecule has 5 nitrogen and oxygen atoms in total. The molecular formula is C10H16F2N2O3. The number of urea groups is 1. The van der Waals surface area contributed by atoms with Crippen LogP contribution in [0.1, 0.15) is 13.8 Å². The summed E-state index contributed by atoms with van der Waals surface area (Å²) in [4.78, 5) is 24.5. The van der Waals surface area contributed by atoms with Crippen LogP contribution in [0.3, 0.4) is 0 Å². The van der Waals surface area contributed by atoms with E-state index in [9.17, 15) is 18.4 Å². The molecule has 1 aliphatic rings. The highest BCUT2D eigenvalue weighted by Gasteiger charge is 2.52. The third-order valence-corrected chi connectivity index (χ3v) is 2.49. The summed E-state index contributed by atoms with van der Waals surface area (Å²) in [5, 5.41) is 0. The highest BCUT2D eigenvalue weighted by atomic mass is 19.3. The van der Waals surface area contributed by atoms with Crippen molar-refractivity contribution in [1.29, 1.82) is 0 Å². The largest absolute Gasteiger partial charge is 0.434 e. The minimum absolute atomic E-state index is 0.519. The van der Waals surface area contributed by atoms with Crippen LogP contribution in [0.4, 0.5) is 13.6 Å². The van der Waals surface area contributed by atoms with E-state index in [0.717, 1.165) is 9.80 Å². The molecule has 0 saturated carbocycles. The fourth-order valence-corrected chi connectivity index (χ4v) is 1.53. The molecule has 0 bridgehead atoms. The summed E-state index contributed by atoms with van der Waals surface area (Å²) in [7, 11) is 2.46. The maximum absolute atomic E-state index is 13.7. The predicted molar refractivity (Wildman–Crippen MR) is 55.5 cm³/mol. The zero-order valence-electron chi connectivity index (χ0n) is 10.2. The van der Waals surface area contributed by atoms with Crippen LogP contribution in [0, 0.1) is 5.92 Å². The van der Waals surface area contributed by atoms with Crippen LogP contribution in [0.25, 0.3) is 0 Å². The molecule has 1 saturated heterocycles. The highest BCUT2D eigenvalue weighted by Crippen LogP contribution is 2.30. The van der Waals surface area contributed by atoms with Gasteiger partial charge in [-0.3, -0.25) is 9.69 Å². The average molecular weight is 250 g/mol. The molecule has 1 unspecified atom stereocenters. The Labute approximate surface area is 98.3 Å². The van der Waals surface area contributed by atoms with Crippen LogP contribution in [-0.4, -0.2) is 54.6 Å². The van der Waals surface area contributed by atoms with Gasteiger partial charge in [-0.15, -0.1) is 0 Å². The highest BCUT2D eigenvalue weighted by molar-refractivity contribution is 5.76. The Kier molecular flexibility index (Phi) is 3.59. The molecule has 7 heteroatoms. The molecule has 98 valence electrons. The molecule has 0 spiro atoms. The third-order valence-electron chi connectivity index (χ3n) is 2.49. The Bertz CT molecular complexity index is 334. The zero-order chi connectivity index (χ0) is 13.4. The number of alkyl halides is 2. The Morgan fingerprint density at radius 1 is 1.47 bits per heavy atom. The van der Waals surface area contributed by atoms with Gasteiger partial charge in [-0.25, -0.2) is 4.79 Å². The third kappa shape index (κ3) is 2.65. The molecule has 0 aromatic rings. The monoisotopic (exact) mass is 250 g/mol. The van der Waals surface area contributed by atoms with E-state index in [1.807, 2.05) is 0 Å². The van der Waals surface area contributed by atoms with Crippen molar-refractivity contribution in [2.75, 3.05) is 20.6 Å². The summed E-state index contributed by atoms with van der Waals surface area (Å²) in [6, 6.07) is -0.600. The Balaban J connectivity index is 2.87. The van der Waals surface area contributed by atoms with E-state index in [4.69, 9.17) is 0 Å². The molecule has 17 heavy (non-hydrogen) atoms. The lowest BCUT2D eigenvalue weighted by Gasteiger charge is -2.41. The summed E-state index contributed by atoms with van der Waals surface area (Å²) < 4.78 is 32.0. The fourth-order valence-electron chi connectivity index (χ4n) is 1.53. The number of rotatable bonds is 2. The van der Waals surface area contributed by atoms with Crippen molar-refractivity contribution in [3.05, 3.63) is 0 Å². The van der Waals surface area contributed by atoms with E-state index in [1.54, 1.807) is 0 Å². The van der Waals surface area contributed by atoms with Crippen molar-refractivity contribution in [1.82, 2.24) is 9.80 Å². The smallest absolute Gasteiger partial charge is 0.322 e. The van der Waals surface area contributed by atoms with Crippen LogP contribution in [-0.2, 0) is 9.53 Å². The van der Waals surface area contributed by atoms with Crippen LogP contribution in [0.2, 0.25) is 0 Å². The number of carbonyl (C=O) groups excluding carboxylic acids is 2. The summed E-state index contributed by atoms with van der Waals surface area (Å²) in [5.41, 5.74) is 0. The maximum atomic E-state index is 13.7. The van der Waals surface area contributed by atoms with Crippen LogP contribution in [0.5, 0.6) is 0 Å². The van der Waals surface area contributed by atoms with Crippen molar-refractivity contribution < 1.29 is 23.1 Å². The number of ether oxygens (including phenoxy) is 1. The van der Waals surface area contributed by atoms with Gasteiger partial charge in [0.1, 0.15) is 0 Å². The number of carbonyl (C=O) groups is 2. The maximum Gasteiger partial charge on any atom is 0.322 e. The van der Waals surface area contributed by atoms with Crippen molar-refractivity contribution in [2.45, 2.75) is 26.0 Å². The summed E-state index contributed by atoms with van der Waals surface area (Å²) in [5.74, 6) is -4.55. The first-order valence-corrected chi connectivity index (χ1v) is 5.23. The molecule has 1 fully saturated rings. The van der Waals surface area contributed by atoms with Gasteiger partial charge in [0.15, 0.2) is 0 Å². The molecule has 0 aromatic carbocycles. The molecular weight excluding hydrogens is 234 g/mol. The Hall–Kier alpha value is -1.40. The van der Waals surface area contributed by atoms with Crippen molar-refractivity contribution in [2.24, 2.45) is 5.92 Å². The lowest BCUT2D eigenvalue weighted by molar-refractivity contribution is -0.212. The minimum atomic E-state index is -3.28. The van der Waals surface area contributed by atoms with E-state index < -0.39 is 36.6 Å². The first-order chi connectivity index (χ1) is 7.66. The van der Waals surface area contributed by atoms with Crippen LogP contribution in [0.15, 0.2) is 0 Å². The second-order valence-corrected chi connectivity index (χ2v) is 4.45. The molecule has 1 heterocycles. The molecule has 0 aliphatic carbocycles. The summed E-state index contributed by atoms with van der Waals surface area (Å²) >= 11 is 0. The zero-order valence-corrected chi connectivity index (χ0v) is 10.2. The Morgan fingerprint density at radius 2 is 2.00 bits per heavy atom. The SMILES string of the molecule is CC(C)C(=O)OC1N(C)C(=O)N(C)CC1(F)F. The first kappa shape index (κ1) is 13.7. The molecule has 0 radical (unpaired) electrons. The van der Waals surface area contributed by atoms with Gasteiger partial charge in [0.25, 0.3) is 0 Å². The quantitative estimate of drug-likeness (QED) is 0.691. The van der Waals surface area contributed by atoms with Gasteiger partial charge in [0.2, 0.25) is 6.23 Å². The molecule has 1 atom stereocenters. The predicted octanol–water partition coefficient (Wildman–Crippen LogP) is 1.14. The van der Waals surface area contributed by atoms with E-state index in [0.29, 0.717) is 0 Å². The van der Waals surface area contributed by atoms with Crippen molar-refractivity contribution >= 4 is 12.0 Å². The van der Waals surface area contributed by atoms with Crippen molar-refractivity contribution in [3.63, 3.8) is 0 Å². The van der Waals surface area contributed by atoms with Gasteiger partial charge >= 0.3 is 17.9 Å². The van der Waals surface area contributed by atoms with Gasteiger partial charge in [-0.2, -0.15) is 8.78 Å².